The number of phosphoric acid groups is 1. The normalized spacial score (nSPS) is 15.8. The van der Waals surface area contributed by atoms with Crippen LogP contribution in [0, 0.1) is 0 Å². The SMILES string of the molecule is CC/C=C/C/C=C/C=C/C(O)CCCCCCCC(=O)N[C@@H](COP(=O)([O-])OCC[N+](C)(C)C)[C@H](O)/C=C/CCCCCCCC/C=C\CCC. The fraction of sp³-hybridized carbons (Fsp3) is 0.732. The molecule has 0 aromatic carbocycles. The second-order valence-electron chi connectivity index (χ2n) is 14.4. The summed E-state index contributed by atoms with van der Waals surface area (Å²) in [5, 5.41) is 23.8. The first kappa shape index (κ1) is 49.2. The second-order valence-corrected chi connectivity index (χ2v) is 15.9. The average molecular weight is 739 g/mol. The molecule has 2 unspecified atom stereocenters. The van der Waals surface area contributed by atoms with Crippen LogP contribution in [-0.4, -0.2) is 79.8 Å². The zero-order chi connectivity index (χ0) is 38.1. The molecule has 51 heavy (non-hydrogen) atoms. The van der Waals surface area contributed by atoms with Crippen LogP contribution < -0.4 is 10.2 Å². The minimum atomic E-state index is -4.61. The molecule has 0 aromatic rings. The van der Waals surface area contributed by atoms with Gasteiger partial charge in [0.25, 0.3) is 7.82 Å². The van der Waals surface area contributed by atoms with E-state index in [0.717, 1.165) is 70.6 Å². The number of hydrogen-bond donors (Lipinski definition) is 3. The van der Waals surface area contributed by atoms with Crippen molar-refractivity contribution in [2.24, 2.45) is 0 Å². The third-order valence-corrected chi connectivity index (χ3v) is 9.25. The predicted octanol–water partition coefficient (Wildman–Crippen LogP) is 8.63. The number of nitrogens with one attached hydrogen (secondary N) is 1. The molecule has 0 aromatic heterocycles. The number of phosphoric ester groups is 1. The lowest BCUT2D eigenvalue weighted by Gasteiger charge is -2.29. The van der Waals surface area contributed by atoms with E-state index in [9.17, 15) is 24.5 Å². The van der Waals surface area contributed by atoms with E-state index in [-0.39, 0.29) is 18.9 Å². The number of aliphatic hydroxyl groups is 2. The van der Waals surface area contributed by atoms with Gasteiger partial charge in [-0.2, -0.15) is 0 Å². The van der Waals surface area contributed by atoms with E-state index in [4.69, 9.17) is 9.05 Å². The summed E-state index contributed by atoms with van der Waals surface area (Å²) in [5.74, 6) is -0.262. The average Bonchev–Trinajstić information content (AvgIpc) is 3.07. The smallest absolute Gasteiger partial charge is 0.268 e. The Morgan fingerprint density at radius 2 is 1.39 bits per heavy atom. The van der Waals surface area contributed by atoms with Gasteiger partial charge in [-0.3, -0.25) is 9.36 Å². The van der Waals surface area contributed by atoms with Crippen LogP contribution >= 0.6 is 7.82 Å². The summed E-state index contributed by atoms with van der Waals surface area (Å²) in [4.78, 5) is 25.2. The Labute approximate surface area is 312 Å². The molecule has 0 spiro atoms. The number of quaternary nitrogens is 1. The summed E-state index contributed by atoms with van der Waals surface area (Å²) in [5.41, 5.74) is 0. The van der Waals surface area contributed by atoms with E-state index in [0.29, 0.717) is 23.9 Å². The van der Waals surface area contributed by atoms with Crippen LogP contribution in [0.5, 0.6) is 0 Å². The van der Waals surface area contributed by atoms with Gasteiger partial charge in [-0.1, -0.05) is 132 Å². The minimum Gasteiger partial charge on any atom is -0.756 e. The van der Waals surface area contributed by atoms with Crippen LogP contribution in [0.3, 0.4) is 0 Å². The third kappa shape index (κ3) is 35.0. The Morgan fingerprint density at radius 3 is 2.06 bits per heavy atom. The zero-order valence-electron chi connectivity index (χ0n) is 32.9. The number of likely N-dealkylation sites (N-methyl/N-ethyl adjacent to an activating group) is 1. The number of allylic oxidation sites excluding steroid dienone is 8. The molecular formula is C41H75N2O7P. The van der Waals surface area contributed by atoms with Gasteiger partial charge in [0.05, 0.1) is 46.0 Å². The molecule has 0 saturated heterocycles. The first-order valence-corrected chi connectivity index (χ1v) is 21.2. The Bertz CT molecular complexity index is 1040. The van der Waals surface area contributed by atoms with Crippen molar-refractivity contribution < 1.29 is 38.0 Å². The fourth-order valence-corrected chi connectivity index (χ4v) is 5.82. The molecule has 296 valence electrons. The van der Waals surface area contributed by atoms with Gasteiger partial charge in [-0.15, -0.1) is 0 Å². The van der Waals surface area contributed by atoms with Gasteiger partial charge in [-0.25, -0.2) is 0 Å². The topological polar surface area (TPSA) is 128 Å². The Kier molecular flexibility index (Phi) is 31.6. The van der Waals surface area contributed by atoms with Gasteiger partial charge in [0.1, 0.15) is 13.2 Å². The maximum atomic E-state index is 12.8. The highest BCUT2D eigenvalue weighted by molar-refractivity contribution is 7.45. The van der Waals surface area contributed by atoms with E-state index in [1.807, 2.05) is 45.4 Å². The molecule has 0 saturated carbocycles. The molecule has 0 aliphatic carbocycles. The molecule has 9 nitrogen and oxygen atoms in total. The molecule has 0 aliphatic heterocycles. The zero-order valence-corrected chi connectivity index (χ0v) is 33.8. The van der Waals surface area contributed by atoms with Gasteiger partial charge in [0, 0.05) is 6.42 Å². The number of nitrogens with zero attached hydrogens (tertiary/aromatic N) is 1. The van der Waals surface area contributed by atoms with Crippen molar-refractivity contribution in [2.45, 2.75) is 154 Å². The number of unbranched alkanes of at least 4 members (excludes halogenated alkanes) is 12. The van der Waals surface area contributed by atoms with Crippen LogP contribution in [0.4, 0.5) is 0 Å². The maximum Gasteiger partial charge on any atom is 0.268 e. The van der Waals surface area contributed by atoms with Crippen molar-refractivity contribution in [2.75, 3.05) is 40.9 Å². The highest BCUT2D eigenvalue weighted by Gasteiger charge is 2.23. The van der Waals surface area contributed by atoms with Gasteiger partial charge < -0.3 is 34.0 Å². The lowest BCUT2D eigenvalue weighted by atomic mass is 10.1. The molecule has 4 atom stereocenters. The van der Waals surface area contributed by atoms with Crippen molar-refractivity contribution in [1.82, 2.24) is 5.32 Å². The molecule has 0 heterocycles. The Morgan fingerprint density at radius 1 is 0.765 bits per heavy atom. The minimum absolute atomic E-state index is 0.0238. The lowest BCUT2D eigenvalue weighted by Crippen LogP contribution is -2.45. The summed E-state index contributed by atoms with van der Waals surface area (Å²) < 4.78 is 23.1. The number of aliphatic hydroxyl groups excluding tert-OH is 2. The van der Waals surface area contributed by atoms with E-state index in [2.05, 4.69) is 49.5 Å². The fourth-order valence-electron chi connectivity index (χ4n) is 5.10. The van der Waals surface area contributed by atoms with Crippen molar-refractivity contribution >= 4 is 13.7 Å². The standard InChI is InChI=1S/C41H75N2O7P/c1-6-8-10-12-14-15-16-17-18-19-21-25-29-33-40(45)39(37-50-51(47,48)49-36-35-43(3,4)5)42-41(46)34-30-26-22-24-28-32-38(44)31-27-23-20-13-11-9-7-2/h9-12,20,23,27,29,31,33,38-40,44-45H,6-8,13-19,21-22,24-26,28,30,32,34-37H2,1-5H3,(H-,42,46,47,48)/b11-9+,12-10-,23-20+,31-27+,33-29+/t38?,39-,40+/m0/s1. The maximum absolute atomic E-state index is 12.8. The van der Waals surface area contributed by atoms with Gasteiger partial charge in [-0.05, 0) is 57.8 Å². The first-order valence-electron chi connectivity index (χ1n) is 19.8. The number of hydrogen-bond acceptors (Lipinski definition) is 7. The number of carbonyl (C=O) groups is 1. The number of carbonyl (C=O) groups excluding carboxylic acids is 1. The van der Waals surface area contributed by atoms with E-state index in [1.165, 1.54) is 32.1 Å². The third-order valence-electron chi connectivity index (χ3n) is 8.29. The first-order chi connectivity index (χ1) is 24.4. The second kappa shape index (κ2) is 32.8. The summed E-state index contributed by atoms with van der Waals surface area (Å²) >= 11 is 0. The largest absolute Gasteiger partial charge is 0.756 e. The van der Waals surface area contributed by atoms with Gasteiger partial charge >= 0.3 is 0 Å². The van der Waals surface area contributed by atoms with Gasteiger partial charge in [0.15, 0.2) is 0 Å². The monoisotopic (exact) mass is 739 g/mol. The van der Waals surface area contributed by atoms with E-state index in [1.54, 1.807) is 6.08 Å². The molecule has 0 fully saturated rings. The molecule has 1 amide bonds. The van der Waals surface area contributed by atoms with Crippen LogP contribution in [0.2, 0.25) is 0 Å². The predicted molar refractivity (Wildman–Crippen MR) is 211 cm³/mol. The highest BCUT2D eigenvalue weighted by atomic mass is 31.2. The van der Waals surface area contributed by atoms with Crippen LogP contribution in [0.1, 0.15) is 136 Å². The van der Waals surface area contributed by atoms with Gasteiger partial charge in [0.2, 0.25) is 5.91 Å². The van der Waals surface area contributed by atoms with Crippen molar-refractivity contribution in [3.8, 4) is 0 Å². The van der Waals surface area contributed by atoms with Crippen molar-refractivity contribution in [3.05, 3.63) is 60.8 Å². The van der Waals surface area contributed by atoms with E-state index >= 15 is 0 Å². The Balaban J connectivity index is 4.64. The van der Waals surface area contributed by atoms with Crippen molar-refractivity contribution in [1.29, 1.82) is 0 Å². The number of amides is 1. The van der Waals surface area contributed by atoms with Crippen LogP contribution in [-0.2, 0) is 18.4 Å². The molecule has 3 N–H and O–H groups in total. The summed E-state index contributed by atoms with van der Waals surface area (Å²) in [7, 11) is 1.18. The summed E-state index contributed by atoms with van der Waals surface area (Å²) in [6.07, 6.45) is 37.1. The molecule has 0 bridgehead atoms. The number of rotatable bonds is 34. The Hall–Kier alpha value is -1.84. The highest BCUT2D eigenvalue weighted by Crippen LogP contribution is 2.38. The lowest BCUT2D eigenvalue weighted by molar-refractivity contribution is -0.870. The van der Waals surface area contributed by atoms with Crippen molar-refractivity contribution in [3.63, 3.8) is 0 Å². The molecule has 10 heteroatoms. The summed E-state index contributed by atoms with van der Waals surface area (Å²) in [6.45, 7) is 4.33. The van der Waals surface area contributed by atoms with E-state index < -0.39 is 32.7 Å². The van der Waals surface area contributed by atoms with Crippen LogP contribution in [0.15, 0.2) is 60.8 Å². The van der Waals surface area contributed by atoms with Crippen LogP contribution in [0.25, 0.3) is 0 Å². The molecule has 0 radical (unpaired) electrons. The quantitative estimate of drug-likeness (QED) is 0.0198. The summed E-state index contributed by atoms with van der Waals surface area (Å²) in [6, 6.07) is -0.929. The molecule has 0 aliphatic rings. The molecular weight excluding hydrogens is 663 g/mol. The molecule has 0 rings (SSSR count).